The largest absolute Gasteiger partial charge is 0.0809 e. The highest BCUT2D eigenvalue weighted by Gasteiger charge is 2.23. The molecule has 0 aromatic carbocycles. The molecule has 1 unspecified atom stereocenters. The van der Waals surface area contributed by atoms with E-state index in [1.54, 1.807) is 5.57 Å². The minimum atomic E-state index is 0.588. The summed E-state index contributed by atoms with van der Waals surface area (Å²) in [6.45, 7) is 4.45. The fourth-order valence-electron chi connectivity index (χ4n) is 2.62. The van der Waals surface area contributed by atoms with E-state index < -0.39 is 0 Å². The van der Waals surface area contributed by atoms with E-state index in [0.717, 1.165) is 6.42 Å². The summed E-state index contributed by atoms with van der Waals surface area (Å²) < 4.78 is 0. The van der Waals surface area contributed by atoms with Crippen LogP contribution in [-0.2, 0) is 0 Å². The van der Waals surface area contributed by atoms with Gasteiger partial charge in [-0.2, -0.15) is 0 Å². The summed E-state index contributed by atoms with van der Waals surface area (Å²) in [7, 11) is 0. The zero-order valence-corrected chi connectivity index (χ0v) is 9.83. The second-order valence-electron chi connectivity index (χ2n) is 4.84. The first-order valence-corrected chi connectivity index (χ1v) is 5.93. The van der Waals surface area contributed by atoms with Crippen LogP contribution in [-0.4, -0.2) is 0 Å². The standard InChI is InChI=1S/C16H16/c1-11-6-7-13-9-14-5-3-4-12(2)16(14)10-15(13)8-11/h3-9,12H,10H2,1-2H3. The fraction of sp³-hybridized carbons (Fsp3) is 0.250. The molecule has 0 aliphatic heterocycles. The van der Waals surface area contributed by atoms with Gasteiger partial charge < -0.3 is 0 Å². The van der Waals surface area contributed by atoms with Crippen molar-refractivity contribution in [1.82, 2.24) is 0 Å². The monoisotopic (exact) mass is 208 g/mol. The van der Waals surface area contributed by atoms with Gasteiger partial charge in [0.25, 0.3) is 0 Å². The molecule has 0 saturated carbocycles. The van der Waals surface area contributed by atoms with E-state index in [1.165, 1.54) is 22.3 Å². The Balaban J connectivity index is 2.00. The van der Waals surface area contributed by atoms with Gasteiger partial charge in [-0.3, -0.25) is 0 Å². The molecule has 0 saturated heterocycles. The maximum Gasteiger partial charge on any atom is 0.0130 e. The molecule has 0 fully saturated rings. The van der Waals surface area contributed by atoms with Crippen LogP contribution >= 0.6 is 0 Å². The molecule has 3 aliphatic rings. The van der Waals surface area contributed by atoms with Crippen molar-refractivity contribution in [3.8, 4) is 0 Å². The lowest BCUT2D eigenvalue weighted by atomic mass is 9.76. The lowest BCUT2D eigenvalue weighted by Gasteiger charge is -2.28. The summed E-state index contributed by atoms with van der Waals surface area (Å²) in [6.07, 6.45) is 16.9. The van der Waals surface area contributed by atoms with Gasteiger partial charge in [-0.1, -0.05) is 48.5 Å². The van der Waals surface area contributed by atoms with Gasteiger partial charge in [0.1, 0.15) is 0 Å². The normalized spacial score (nSPS) is 27.9. The third kappa shape index (κ3) is 1.53. The van der Waals surface area contributed by atoms with E-state index in [1.807, 2.05) is 0 Å². The van der Waals surface area contributed by atoms with E-state index in [2.05, 4.69) is 57.1 Å². The topological polar surface area (TPSA) is 0 Å². The molecule has 0 nitrogen and oxygen atoms in total. The zero-order valence-electron chi connectivity index (χ0n) is 9.83. The van der Waals surface area contributed by atoms with Crippen LogP contribution < -0.4 is 0 Å². The van der Waals surface area contributed by atoms with Gasteiger partial charge in [0.05, 0.1) is 0 Å². The maximum atomic E-state index is 2.33. The molecule has 2 radical (unpaired) electrons. The Kier molecular flexibility index (Phi) is 2.24. The average molecular weight is 208 g/mol. The van der Waals surface area contributed by atoms with Gasteiger partial charge in [0.15, 0.2) is 0 Å². The molecule has 0 aromatic heterocycles. The fourth-order valence-corrected chi connectivity index (χ4v) is 2.62. The van der Waals surface area contributed by atoms with Crippen LogP contribution in [0.5, 0.6) is 0 Å². The summed E-state index contributed by atoms with van der Waals surface area (Å²) in [6, 6.07) is 0. The van der Waals surface area contributed by atoms with Crippen LogP contribution in [0.25, 0.3) is 0 Å². The number of hydrogen-bond donors (Lipinski definition) is 0. The highest BCUT2D eigenvalue weighted by Crippen LogP contribution is 2.39. The van der Waals surface area contributed by atoms with E-state index in [4.69, 9.17) is 0 Å². The quantitative estimate of drug-likeness (QED) is 0.562. The summed E-state index contributed by atoms with van der Waals surface area (Å²) in [5.74, 6) is 0.588. The predicted molar refractivity (Wildman–Crippen MR) is 68.5 cm³/mol. The van der Waals surface area contributed by atoms with Gasteiger partial charge in [0, 0.05) is 12.8 Å². The minimum Gasteiger partial charge on any atom is -0.0809 e. The van der Waals surface area contributed by atoms with E-state index in [-0.39, 0.29) is 0 Å². The molecule has 0 heterocycles. The van der Waals surface area contributed by atoms with Crippen LogP contribution in [0.4, 0.5) is 0 Å². The minimum absolute atomic E-state index is 0.588. The lowest BCUT2D eigenvalue weighted by Crippen LogP contribution is -2.12. The predicted octanol–water partition coefficient (Wildman–Crippen LogP) is 4.11. The second-order valence-corrected chi connectivity index (χ2v) is 4.84. The van der Waals surface area contributed by atoms with Crippen molar-refractivity contribution >= 4 is 0 Å². The third-order valence-electron chi connectivity index (χ3n) is 3.59. The van der Waals surface area contributed by atoms with Gasteiger partial charge in [-0.05, 0) is 36.0 Å². The van der Waals surface area contributed by atoms with Gasteiger partial charge in [0.2, 0.25) is 0 Å². The number of hydrogen-bond acceptors (Lipinski definition) is 0. The molecule has 0 amide bonds. The van der Waals surface area contributed by atoms with Crippen LogP contribution in [0.15, 0.2) is 58.2 Å². The summed E-state index contributed by atoms with van der Waals surface area (Å²) >= 11 is 0. The Morgan fingerprint density at radius 1 is 1.19 bits per heavy atom. The molecular weight excluding hydrogens is 192 g/mol. The first kappa shape index (κ1) is 9.89. The van der Waals surface area contributed by atoms with Gasteiger partial charge in [-0.25, -0.2) is 0 Å². The van der Waals surface area contributed by atoms with Crippen LogP contribution in [0.2, 0.25) is 0 Å². The third-order valence-corrected chi connectivity index (χ3v) is 3.59. The van der Waals surface area contributed by atoms with Crippen molar-refractivity contribution in [2.45, 2.75) is 20.3 Å². The highest BCUT2D eigenvalue weighted by atomic mass is 14.3. The molecular formula is C16H16. The first-order chi connectivity index (χ1) is 7.74. The Morgan fingerprint density at radius 2 is 2.06 bits per heavy atom. The molecule has 3 aliphatic carbocycles. The maximum absolute atomic E-state index is 2.33. The summed E-state index contributed by atoms with van der Waals surface area (Å²) in [4.78, 5) is 0. The molecule has 0 aromatic rings. The lowest BCUT2D eigenvalue weighted by molar-refractivity contribution is 0.791. The number of allylic oxidation sites excluding steroid dienone is 10. The van der Waals surface area contributed by atoms with Crippen LogP contribution in [0.1, 0.15) is 20.3 Å². The van der Waals surface area contributed by atoms with E-state index in [0.29, 0.717) is 5.92 Å². The molecule has 1 atom stereocenters. The Morgan fingerprint density at radius 3 is 2.94 bits per heavy atom. The van der Waals surface area contributed by atoms with E-state index >= 15 is 0 Å². The zero-order chi connectivity index (χ0) is 11.1. The Hall–Kier alpha value is -1.30. The van der Waals surface area contributed by atoms with Crippen molar-refractivity contribution in [1.29, 1.82) is 0 Å². The Labute approximate surface area is 97.7 Å². The summed E-state index contributed by atoms with van der Waals surface area (Å²) in [5.41, 5.74) is 7.23. The molecule has 0 N–H and O–H groups in total. The van der Waals surface area contributed by atoms with Crippen LogP contribution in [0, 0.1) is 18.8 Å². The smallest absolute Gasteiger partial charge is 0.0130 e. The number of fused-ring (bicyclic) bond motifs is 1. The van der Waals surface area contributed by atoms with Gasteiger partial charge >= 0.3 is 0 Å². The van der Waals surface area contributed by atoms with Crippen molar-refractivity contribution in [2.24, 2.45) is 5.92 Å². The van der Waals surface area contributed by atoms with Crippen molar-refractivity contribution in [3.05, 3.63) is 71.1 Å². The summed E-state index contributed by atoms with van der Waals surface area (Å²) in [5, 5.41) is 0. The molecule has 0 spiro atoms. The van der Waals surface area contributed by atoms with E-state index in [9.17, 15) is 0 Å². The average Bonchev–Trinajstić information content (AvgIpc) is 2.28. The SMILES string of the molecule is CC1=C[CH]C2=CC3=C(CC2=C1)C(C)C=C[CH]3. The van der Waals surface area contributed by atoms with Crippen molar-refractivity contribution < 1.29 is 0 Å². The molecule has 0 bridgehead atoms. The van der Waals surface area contributed by atoms with Crippen molar-refractivity contribution in [2.75, 3.05) is 0 Å². The second kappa shape index (κ2) is 3.62. The molecule has 3 rings (SSSR count). The first-order valence-electron chi connectivity index (χ1n) is 5.93. The Bertz CT molecular complexity index is 478. The number of rotatable bonds is 0. The van der Waals surface area contributed by atoms with Gasteiger partial charge in [-0.15, -0.1) is 0 Å². The van der Waals surface area contributed by atoms with Crippen LogP contribution in [0.3, 0.4) is 0 Å². The highest BCUT2D eigenvalue weighted by molar-refractivity contribution is 5.60. The van der Waals surface area contributed by atoms with Crippen molar-refractivity contribution in [3.63, 3.8) is 0 Å². The molecule has 80 valence electrons. The molecule has 0 heteroatoms. The molecule has 16 heavy (non-hydrogen) atoms.